The van der Waals surface area contributed by atoms with Crippen molar-refractivity contribution in [3.63, 3.8) is 0 Å². The first-order valence-corrected chi connectivity index (χ1v) is 7.29. The molecule has 0 saturated heterocycles. The topological polar surface area (TPSA) is 95.9 Å². The van der Waals surface area contributed by atoms with Crippen LogP contribution in [-0.2, 0) is 6.42 Å². The SMILES string of the molecule is CCCc1cc(C(=O)O)cc(Sc2nc(C)cc(=O)[nH]2)n1. The van der Waals surface area contributed by atoms with Crippen LogP contribution in [0.2, 0.25) is 0 Å². The molecule has 0 spiro atoms. The molecule has 2 N–H and O–H groups in total. The minimum absolute atomic E-state index is 0.186. The van der Waals surface area contributed by atoms with Gasteiger partial charge in [0.2, 0.25) is 0 Å². The van der Waals surface area contributed by atoms with Gasteiger partial charge in [-0.25, -0.2) is 14.8 Å². The van der Waals surface area contributed by atoms with Gasteiger partial charge in [-0.05, 0) is 37.2 Å². The summed E-state index contributed by atoms with van der Waals surface area (Å²) in [5.74, 6) is -0.998. The average molecular weight is 305 g/mol. The molecule has 0 unspecified atom stereocenters. The van der Waals surface area contributed by atoms with Crippen molar-refractivity contribution in [3.8, 4) is 0 Å². The third-order valence-corrected chi connectivity index (χ3v) is 3.46. The molecule has 2 rings (SSSR count). The highest BCUT2D eigenvalue weighted by molar-refractivity contribution is 7.99. The van der Waals surface area contributed by atoms with E-state index in [-0.39, 0.29) is 11.1 Å². The molecule has 21 heavy (non-hydrogen) atoms. The maximum atomic E-state index is 11.4. The lowest BCUT2D eigenvalue weighted by Gasteiger charge is -2.06. The number of aryl methyl sites for hydroxylation is 2. The maximum Gasteiger partial charge on any atom is 0.335 e. The Morgan fingerprint density at radius 3 is 2.71 bits per heavy atom. The van der Waals surface area contributed by atoms with Crippen LogP contribution in [0.3, 0.4) is 0 Å². The molecule has 7 heteroatoms. The number of aromatic carboxylic acids is 1. The third-order valence-electron chi connectivity index (χ3n) is 2.66. The standard InChI is InChI=1S/C14H15N3O3S/c1-3-4-10-6-9(13(19)20)7-12(16-10)21-14-15-8(2)5-11(18)17-14/h5-7H,3-4H2,1-2H3,(H,19,20)(H,15,17,18). The van der Waals surface area contributed by atoms with E-state index in [0.717, 1.165) is 23.9 Å². The van der Waals surface area contributed by atoms with Gasteiger partial charge in [0.15, 0.2) is 5.16 Å². The van der Waals surface area contributed by atoms with Crippen molar-refractivity contribution in [2.75, 3.05) is 0 Å². The number of pyridine rings is 1. The predicted octanol–water partition coefficient (Wildman–Crippen LogP) is 2.28. The van der Waals surface area contributed by atoms with Gasteiger partial charge in [-0.1, -0.05) is 13.3 Å². The molecule has 0 radical (unpaired) electrons. The Kier molecular flexibility index (Phi) is 4.74. The van der Waals surface area contributed by atoms with E-state index >= 15 is 0 Å². The molecule has 0 aliphatic heterocycles. The van der Waals surface area contributed by atoms with Crippen LogP contribution >= 0.6 is 11.8 Å². The Morgan fingerprint density at radius 2 is 2.10 bits per heavy atom. The second kappa shape index (κ2) is 6.53. The van der Waals surface area contributed by atoms with Crippen molar-refractivity contribution in [2.24, 2.45) is 0 Å². The molecule has 0 saturated carbocycles. The number of hydrogen-bond donors (Lipinski definition) is 2. The van der Waals surface area contributed by atoms with E-state index in [1.165, 1.54) is 12.1 Å². The molecular weight excluding hydrogens is 290 g/mol. The quantitative estimate of drug-likeness (QED) is 0.823. The van der Waals surface area contributed by atoms with Gasteiger partial charge in [0.05, 0.1) is 5.56 Å². The minimum Gasteiger partial charge on any atom is -0.478 e. The van der Waals surface area contributed by atoms with Gasteiger partial charge in [0.1, 0.15) is 5.03 Å². The van der Waals surface area contributed by atoms with Crippen molar-refractivity contribution in [1.29, 1.82) is 0 Å². The lowest BCUT2D eigenvalue weighted by Crippen LogP contribution is -2.08. The summed E-state index contributed by atoms with van der Waals surface area (Å²) < 4.78 is 0. The van der Waals surface area contributed by atoms with Crippen molar-refractivity contribution in [2.45, 2.75) is 36.9 Å². The van der Waals surface area contributed by atoms with E-state index < -0.39 is 5.97 Å². The molecule has 0 fully saturated rings. The Labute approximate surface area is 125 Å². The summed E-state index contributed by atoms with van der Waals surface area (Å²) in [6.45, 7) is 3.73. The number of carbonyl (C=O) groups is 1. The van der Waals surface area contributed by atoms with Gasteiger partial charge in [0.25, 0.3) is 5.56 Å². The Bertz CT molecular complexity index is 728. The summed E-state index contributed by atoms with van der Waals surface area (Å²) in [4.78, 5) is 33.8. The number of aromatic amines is 1. The molecule has 2 aromatic rings. The van der Waals surface area contributed by atoms with Crippen LogP contribution in [0.4, 0.5) is 0 Å². The zero-order valence-electron chi connectivity index (χ0n) is 11.7. The summed E-state index contributed by atoms with van der Waals surface area (Å²) >= 11 is 1.15. The van der Waals surface area contributed by atoms with Crippen LogP contribution in [-0.4, -0.2) is 26.0 Å². The van der Waals surface area contributed by atoms with Crippen LogP contribution in [0.5, 0.6) is 0 Å². The zero-order valence-corrected chi connectivity index (χ0v) is 12.5. The van der Waals surface area contributed by atoms with Crippen LogP contribution in [0.1, 0.15) is 35.1 Å². The fraction of sp³-hybridized carbons (Fsp3) is 0.286. The molecule has 2 aromatic heterocycles. The van der Waals surface area contributed by atoms with E-state index in [1.807, 2.05) is 6.92 Å². The molecule has 110 valence electrons. The molecule has 0 bridgehead atoms. The van der Waals surface area contributed by atoms with Crippen LogP contribution in [0, 0.1) is 6.92 Å². The van der Waals surface area contributed by atoms with E-state index in [1.54, 1.807) is 13.0 Å². The van der Waals surface area contributed by atoms with Crippen LogP contribution in [0.15, 0.2) is 33.2 Å². The number of rotatable bonds is 5. The first-order chi connectivity index (χ1) is 9.97. The second-order valence-corrected chi connectivity index (χ2v) is 5.54. The highest BCUT2D eigenvalue weighted by atomic mass is 32.2. The number of H-pyrrole nitrogens is 1. The van der Waals surface area contributed by atoms with Crippen molar-refractivity contribution >= 4 is 17.7 Å². The highest BCUT2D eigenvalue weighted by Crippen LogP contribution is 2.24. The first-order valence-electron chi connectivity index (χ1n) is 6.48. The second-order valence-electron chi connectivity index (χ2n) is 4.53. The average Bonchev–Trinajstić information content (AvgIpc) is 2.37. The lowest BCUT2D eigenvalue weighted by atomic mass is 10.2. The molecule has 0 aromatic carbocycles. The largest absolute Gasteiger partial charge is 0.478 e. The Morgan fingerprint density at radius 1 is 1.33 bits per heavy atom. The molecular formula is C14H15N3O3S. The number of carboxylic acids is 1. The molecule has 6 nitrogen and oxygen atoms in total. The number of carboxylic acid groups (broad SMARTS) is 1. The predicted molar refractivity (Wildman–Crippen MR) is 78.9 cm³/mol. The monoisotopic (exact) mass is 305 g/mol. The fourth-order valence-corrected chi connectivity index (χ4v) is 2.71. The number of hydrogen-bond acceptors (Lipinski definition) is 5. The summed E-state index contributed by atoms with van der Waals surface area (Å²) in [6.07, 6.45) is 1.58. The van der Waals surface area contributed by atoms with Gasteiger partial charge < -0.3 is 10.1 Å². The van der Waals surface area contributed by atoms with Gasteiger partial charge in [-0.15, -0.1) is 0 Å². The molecule has 0 amide bonds. The number of nitrogens with zero attached hydrogens (tertiary/aromatic N) is 2. The minimum atomic E-state index is -0.998. The zero-order chi connectivity index (χ0) is 15.4. The van der Waals surface area contributed by atoms with Crippen molar-refractivity contribution in [1.82, 2.24) is 15.0 Å². The first kappa shape index (κ1) is 15.2. The lowest BCUT2D eigenvalue weighted by molar-refractivity contribution is 0.0696. The Hall–Kier alpha value is -2.15. The van der Waals surface area contributed by atoms with Crippen LogP contribution < -0.4 is 5.56 Å². The summed E-state index contributed by atoms with van der Waals surface area (Å²) in [6, 6.07) is 4.45. The molecule has 0 aliphatic carbocycles. The van der Waals surface area contributed by atoms with Gasteiger partial charge in [-0.3, -0.25) is 4.79 Å². The smallest absolute Gasteiger partial charge is 0.335 e. The van der Waals surface area contributed by atoms with Gasteiger partial charge in [-0.2, -0.15) is 0 Å². The van der Waals surface area contributed by atoms with E-state index in [0.29, 0.717) is 22.3 Å². The third kappa shape index (κ3) is 4.16. The number of nitrogens with one attached hydrogen (secondary N) is 1. The molecule has 0 aliphatic rings. The molecule has 2 heterocycles. The summed E-state index contributed by atoms with van der Waals surface area (Å²) in [7, 11) is 0. The van der Waals surface area contributed by atoms with E-state index in [4.69, 9.17) is 5.11 Å². The van der Waals surface area contributed by atoms with Crippen LogP contribution in [0.25, 0.3) is 0 Å². The Balaban J connectivity index is 2.38. The van der Waals surface area contributed by atoms with Crippen molar-refractivity contribution in [3.05, 3.63) is 45.5 Å². The number of aromatic nitrogens is 3. The van der Waals surface area contributed by atoms with Crippen molar-refractivity contribution < 1.29 is 9.90 Å². The van der Waals surface area contributed by atoms with E-state index in [2.05, 4.69) is 15.0 Å². The molecule has 0 atom stereocenters. The highest BCUT2D eigenvalue weighted by Gasteiger charge is 2.10. The summed E-state index contributed by atoms with van der Waals surface area (Å²) in [5, 5.41) is 10.1. The van der Waals surface area contributed by atoms with Gasteiger partial charge in [0, 0.05) is 17.5 Å². The summed E-state index contributed by atoms with van der Waals surface area (Å²) in [5.41, 5.74) is 1.26. The fourth-order valence-electron chi connectivity index (χ4n) is 1.82. The normalized spacial score (nSPS) is 10.6. The maximum absolute atomic E-state index is 11.4. The van der Waals surface area contributed by atoms with E-state index in [9.17, 15) is 9.59 Å². The van der Waals surface area contributed by atoms with Gasteiger partial charge >= 0.3 is 5.97 Å².